The van der Waals surface area contributed by atoms with Crippen LogP contribution in [0.1, 0.15) is 42.0 Å². The van der Waals surface area contributed by atoms with Gasteiger partial charge in [-0.15, -0.1) is 11.3 Å². The molecule has 6 aromatic carbocycles. The molecule has 3 heteroatoms. The van der Waals surface area contributed by atoms with Crippen LogP contribution in [0.25, 0.3) is 66.7 Å². The molecule has 1 aromatic heterocycles. The summed E-state index contributed by atoms with van der Waals surface area (Å²) in [7, 11) is 0. The van der Waals surface area contributed by atoms with E-state index in [1.807, 2.05) is 54.7 Å². The number of fused-ring (bicyclic) bond motifs is 3. The van der Waals surface area contributed by atoms with Crippen LogP contribution in [0.3, 0.4) is 0 Å². The van der Waals surface area contributed by atoms with Crippen molar-refractivity contribution in [2.45, 2.75) is 19.8 Å². The molecule has 1 aliphatic rings. The van der Waals surface area contributed by atoms with Gasteiger partial charge in [0.25, 0.3) is 0 Å². The highest BCUT2D eigenvalue weighted by molar-refractivity contribution is 7.25. The van der Waals surface area contributed by atoms with Crippen molar-refractivity contribution in [2.24, 2.45) is 0 Å². The Balaban J connectivity index is 1.40. The fourth-order valence-electron chi connectivity index (χ4n) is 8.28. The third kappa shape index (κ3) is 7.59. The smallest absolute Gasteiger partial charge is 0.0546 e. The first kappa shape index (κ1) is 39.6. The largest absolute Gasteiger partial charge is 0.311 e. The zero-order valence-corrected chi connectivity index (χ0v) is 35.0. The van der Waals surface area contributed by atoms with Crippen LogP contribution in [0.2, 0.25) is 0 Å². The number of hydrogen-bond donors (Lipinski definition) is 0. The van der Waals surface area contributed by atoms with Crippen molar-refractivity contribution in [2.75, 3.05) is 9.80 Å². The number of allylic oxidation sites excluding steroid dienone is 7. The van der Waals surface area contributed by atoms with E-state index < -0.39 is 0 Å². The maximum Gasteiger partial charge on any atom is 0.0546 e. The molecule has 8 rings (SSSR count). The summed E-state index contributed by atoms with van der Waals surface area (Å²) in [6, 6.07) is 44.1. The summed E-state index contributed by atoms with van der Waals surface area (Å²) < 4.78 is 2.59. The first-order chi connectivity index (χ1) is 29.5. The lowest BCUT2D eigenvalue weighted by molar-refractivity contribution is 0.997. The molecule has 2 nitrogen and oxygen atoms in total. The molecule has 0 radical (unpaired) electrons. The lowest BCUT2D eigenvalue weighted by Crippen LogP contribution is -2.20. The Morgan fingerprint density at radius 3 is 2.03 bits per heavy atom. The second-order valence-electron chi connectivity index (χ2n) is 14.6. The van der Waals surface area contributed by atoms with Crippen molar-refractivity contribution < 1.29 is 0 Å². The van der Waals surface area contributed by atoms with Crippen molar-refractivity contribution in [3.63, 3.8) is 0 Å². The van der Waals surface area contributed by atoms with Gasteiger partial charge in [-0.05, 0) is 132 Å². The third-order valence-corrected chi connectivity index (χ3v) is 12.1. The molecule has 60 heavy (non-hydrogen) atoms. The van der Waals surface area contributed by atoms with Crippen LogP contribution in [0.15, 0.2) is 208 Å². The van der Waals surface area contributed by atoms with E-state index in [0.717, 1.165) is 85.9 Å². The molecule has 0 saturated carbocycles. The van der Waals surface area contributed by atoms with Crippen molar-refractivity contribution >= 4 is 78.6 Å². The van der Waals surface area contributed by atoms with Gasteiger partial charge in [0.1, 0.15) is 0 Å². The Hall–Kier alpha value is -7.20. The highest BCUT2D eigenvalue weighted by Crippen LogP contribution is 2.45. The molecule has 0 fully saturated rings. The normalized spacial score (nSPS) is 12.7. The second kappa shape index (κ2) is 17.7. The maximum atomic E-state index is 4.33. The second-order valence-corrected chi connectivity index (χ2v) is 15.7. The molecule has 0 spiro atoms. The van der Waals surface area contributed by atoms with Crippen molar-refractivity contribution in [1.82, 2.24) is 0 Å². The SMILES string of the molecule is C=C/C=C(\C=C)N(c1cc(-c2cccc(-c3ccc4c(c3)sc3ccccc34)c2)cc(N(C2=CCCC=C2)c2ccccc2)c1)c1cc(/C=C\C)c(C=C)c(C=C)c1C=C. The molecule has 0 saturated heterocycles. The van der Waals surface area contributed by atoms with Crippen LogP contribution in [0, 0.1) is 0 Å². The van der Waals surface area contributed by atoms with Crippen LogP contribution in [0.5, 0.6) is 0 Å². The van der Waals surface area contributed by atoms with Gasteiger partial charge < -0.3 is 9.80 Å². The van der Waals surface area contributed by atoms with E-state index in [1.54, 1.807) is 0 Å². The fourth-order valence-corrected chi connectivity index (χ4v) is 9.43. The fraction of sp³-hybridized carbons (Fsp3) is 0.0526. The average Bonchev–Trinajstić information content (AvgIpc) is 3.67. The zero-order chi connectivity index (χ0) is 41.6. The van der Waals surface area contributed by atoms with E-state index in [4.69, 9.17) is 0 Å². The molecule has 0 bridgehead atoms. The lowest BCUT2D eigenvalue weighted by Gasteiger charge is -2.33. The average molecular weight is 793 g/mol. The van der Waals surface area contributed by atoms with Gasteiger partial charge >= 0.3 is 0 Å². The van der Waals surface area contributed by atoms with Crippen molar-refractivity contribution in [3.8, 4) is 22.3 Å². The van der Waals surface area contributed by atoms with Gasteiger partial charge in [-0.3, -0.25) is 0 Å². The monoisotopic (exact) mass is 792 g/mol. The number of hydrogen-bond acceptors (Lipinski definition) is 3. The van der Waals surface area contributed by atoms with Gasteiger partial charge in [-0.25, -0.2) is 0 Å². The summed E-state index contributed by atoms with van der Waals surface area (Å²) in [5.41, 5.74) is 14.4. The van der Waals surface area contributed by atoms with Crippen molar-refractivity contribution in [1.29, 1.82) is 0 Å². The zero-order valence-electron chi connectivity index (χ0n) is 34.2. The molecular formula is C57H48N2S. The van der Waals surface area contributed by atoms with Crippen LogP contribution in [-0.2, 0) is 0 Å². The standard InChI is InChI=1S/C57H48N2S/c1-7-22-43-37-55(52(12-6)51(11-5)50(43)10-4)59(45(9-3)23-8-2)49-36-44(35-48(39-49)58(46-26-15-13-16-27-46)47-28-17-14-18-29-47)41-25-21-24-40(34-41)42-32-33-54-53-30-19-20-31-56(53)60-57(54)38-42/h7-13,15-17,19-39H,2-6,14,18H2,1H3/b22-7-,45-23+. The molecule has 0 amide bonds. The lowest BCUT2D eigenvalue weighted by atomic mass is 9.92. The number of benzene rings is 6. The predicted octanol–water partition coefficient (Wildman–Crippen LogP) is 17.1. The highest BCUT2D eigenvalue weighted by atomic mass is 32.1. The Kier molecular flexibility index (Phi) is 11.7. The molecule has 0 N–H and O–H groups in total. The third-order valence-electron chi connectivity index (χ3n) is 11.0. The Morgan fingerprint density at radius 1 is 0.600 bits per heavy atom. The molecule has 1 heterocycles. The van der Waals surface area contributed by atoms with E-state index in [0.29, 0.717) is 0 Å². The number of thiophene rings is 1. The number of nitrogens with zero attached hydrogens (tertiary/aromatic N) is 2. The molecule has 7 aromatic rings. The summed E-state index contributed by atoms with van der Waals surface area (Å²) in [4.78, 5) is 4.62. The number of rotatable bonds is 14. The van der Waals surface area contributed by atoms with Crippen molar-refractivity contribution in [3.05, 3.63) is 230 Å². The summed E-state index contributed by atoms with van der Waals surface area (Å²) >= 11 is 1.85. The van der Waals surface area contributed by atoms with Gasteiger partial charge in [0.15, 0.2) is 0 Å². The molecule has 292 valence electrons. The predicted molar refractivity (Wildman–Crippen MR) is 267 cm³/mol. The van der Waals surface area contributed by atoms with E-state index in [1.165, 1.54) is 25.7 Å². The summed E-state index contributed by atoms with van der Waals surface area (Å²) in [6.45, 7) is 23.2. The highest BCUT2D eigenvalue weighted by Gasteiger charge is 2.24. The minimum atomic E-state index is 0.859. The van der Waals surface area contributed by atoms with Crippen LogP contribution in [-0.4, -0.2) is 0 Å². The maximum absolute atomic E-state index is 4.33. The summed E-state index contributed by atoms with van der Waals surface area (Å²) in [5, 5.41) is 2.60. The first-order valence-electron chi connectivity index (χ1n) is 20.4. The minimum absolute atomic E-state index is 0.859. The molecule has 0 unspecified atom stereocenters. The summed E-state index contributed by atoms with van der Waals surface area (Å²) in [6.07, 6.45) is 24.4. The molecular weight excluding hydrogens is 745 g/mol. The topological polar surface area (TPSA) is 6.48 Å². The minimum Gasteiger partial charge on any atom is -0.311 e. The van der Waals surface area contributed by atoms with E-state index in [-0.39, 0.29) is 0 Å². The summed E-state index contributed by atoms with van der Waals surface area (Å²) in [5.74, 6) is 0. The number of anilines is 4. The van der Waals surface area contributed by atoms with E-state index in [9.17, 15) is 0 Å². The van der Waals surface area contributed by atoms with Gasteiger partial charge in [0.05, 0.1) is 5.69 Å². The van der Waals surface area contributed by atoms with Crippen LogP contribution >= 0.6 is 11.3 Å². The van der Waals surface area contributed by atoms with Crippen LogP contribution in [0.4, 0.5) is 22.7 Å². The van der Waals surface area contributed by atoms with Gasteiger partial charge in [-0.2, -0.15) is 0 Å². The first-order valence-corrected chi connectivity index (χ1v) is 21.2. The Morgan fingerprint density at radius 2 is 1.32 bits per heavy atom. The van der Waals surface area contributed by atoms with E-state index >= 15 is 0 Å². The molecule has 0 aliphatic heterocycles. The number of para-hydroxylation sites is 1. The molecule has 0 atom stereocenters. The Labute approximate surface area is 359 Å². The molecule has 1 aliphatic carbocycles. The van der Waals surface area contributed by atoms with E-state index in [2.05, 4.69) is 194 Å². The van der Waals surface area contributed by atoms with Crippen LogP contribution < -0.4 is 9.80 Å². The van der Waals surface area contributed by atoms with Gasteiger partial charge in [-0.1, -0.05) is 148 Å². The quantitative estimate of drug-likeness (QED) is 0.101. The van der Waals surface area contributed by atoms with Gasteiger partial charge in [0.2, 0.25) is 0 Å². The van der Waals surface area contributed by atoms with Gasteiger partial charge in [0, 0.05) is 54.2 Å². The Bertz CT molecular complexity index is 2930.